The number of furan rings is 1. The molecule has 1 atom stereocenters. The minimum absolute atomic E-state index is 0.234. The lowest BCUT2D eigenvalue weighted by molar-refractivity contribution is -0.136. The summed E-state index contributed by atoms with van der Waals surface area (Å²) in [6.07, 6.45) is 1.68. The number of carbonyl (C=O) groups excluding carboxylic acids is 1. The molecule has 10 heteroatoms. The van der Waals surface area contributed by atoms with E-state index in [2.05, 4.69) is 20.9 Å². The molecule has 1 aliphatic rings. The second kappa shape index (κ2) is 10.2. The highest BCUT2D eigenvalue weighted by molar-refractivity contribution is 9.10. The summed E-state index contributed by atoms with van der Waals surface area (Å²) in [5, 5.41) is 0.438. The zero-order valence-electron chi connectivity index (χ0n) is 20.0. The van der Waals surface area contributed by atoms with Gasteiger partial charge in [-0.15, -0.1) is 0 Å². The number of nitrogens with zero attached hydrogens (tertiary/aromatic N) is 2. The molecule has 0 amide bonds. The molecule has 0 spiro atoms. The Morgan fingerprint density at radius 1 is 1.16 bits per heavy atom. The van der Waals surface area contributed by atoms with Gasteiger partial charge in [0.25, 0.3) is 5.56 Å². The van der Waals surface area contributed by atoms with Gasteiger partial charge < -0.3 is 13.9 Å². The molecular weight excluding hydrogens is 580 g/mol. The molecule has 188 valence electrons. The molecule has 2 aromatic heterocycles. The highest BCUT2D eigenvalue weighted by atomic mass is 79.9. The number of ether oxygens (including phenoxy) is 2. The second-order valence-corrected chi connectivity index (χ2v) is 10.5. The molecule has 0 aliphatic carbocycles. The van der Waals surface area contributed by atoms with E-state index in [1.54, 1.807) is 37.3 Å². The van der Waals surface area contributed by atoms with Crippen molar-refractivity contribution in [2.45, 2.75) is 13.0 Å². The normalized spacial score (nSPS) is 15.4. The van der Waals surface area contributed by atoms with Gasteiger partial charge in [-0.3, -0.25) is 9.36 Å². The Kier molecular flexibility index (Phi) is 6.94. The Morgan fingerprint density at radius 3 is 2.62 bits per heavy atom. The monoisotopic (exact) mass is 598 g/mol. The quantitative estimate of drug-likeness (QED) is 0.299. The summed E-state index contributed by atoms with van der Waals surface area (Å²) >= 11 is 11.0. The van der Waals surface area contributed by atoms with Crippen LogP contribution in [0.1, 0.15) is 24.3 Å². The third-order valence-electron chi connectivity index (χ3n) is 5.94. The maximum Gasteiger partial charge on any atom is 0.338 e. The van der Waals surface area contributed by atoms with Crippen molar-refractivity contribution in [2.24, 2.45) is 4.99 Å². The van der Waals surface area contributed by atoms with Crippen molar-refractivity contribution in [1.82, 2.24) is 4.57 Å². The first-order valence-corrected chi connectivity index (χ1v) is 13.1. The van der Waals surface area contributed by atoms with Crippen LogP contribution in [0.25, 0.3) is 17.4 Å². The molecule has 0 radical (unpaired) electrons. The molecule has 0 saturated carbocycles. The molecule has 4 aromatic rings. The average Bonchev–Trinajstić information content (AvgIpc) is 3.47. The Bertz CT molecular complexity index is 1730. The number of hydrogen-bond donors (Lipinski definition) is 0. The van der Waals surface area contributed by atoms with Crippen molar-refractivity contribution in [1.29, 1.82) is 0 Å². The first-order valence-electron chi connectivity index (χ1n) is 11.1. The van der Waals surface area contributed by atoms with Crippen molar-refractivity contribution in [3.63, 3.8) is 0 Å². The number of carbonyl (C=O) groups is 1. The van der Waals surface area contributed by atoms with Gasteiger partial charge in [-0.25, -0.2) is 9.79 Å². The second-order valence-electron chi connectivity index (χ2n) is 8.17. The van der Waals surface area contributed by atoms with Crippen LogP contribution in [0.5, 0.6) is 5.75 Å². The van der Waals surface area contributed by atoms with E-state index in [4.69, 9.17) is 25.5 Å². The Morgan fingerprint density at radius 2 is 1.92 bits per heavy atom. The molecule has 5 rings (SSSR count). The van der Waals surface area contributed by atoms with Gasteiger partial charge in [-0.1, -0.05) is 51.0 Å². The summed E-state index contributed by atoms with van der Waals surface area (Å²) in [5.41, 5.74) is 1.81. The molecule has 3 heterocycles. The largest absolute Gasteiger partial charge is 0.496 e. The van der Waals surface area contributed by atoms with Gasteiger partial charge in [0.2, 0.25) is 0 Å². The number of aromatic nitrogens is 1. The van der Waals surface area contributed by atoms with E-state index in [1.165, 1.54) is 30.1 Å². The first kappa shape index (κ1) is 25.3. The molecule has 0 fully saturated rings. The van der Waals surface area contributed by atoms with E-state index in [-0.39, 0.29) is 11.1 Å². The topological polar surface area (TPSA) is 83.0 Å². The van der Waals surface area contributed by atoms with Crippen molar-refractivity contribution < 1.29 is 18.7 Å². The van der Waals surface area contributed by atoms with Crippen molar-refractivity contribution >= 4 is 50.9 Å². The lowest BCUT2D eigenvalue weighted by atomic mass is 9.95. The fourth-order valence-corrected chi connectivity index (χ4v) is 5.71. The molecular formula is C27H20BrClN2O5S. The summed E-state index contributed by atoms with van der Waals surface area (Å²) < 4.78 is 19.5. The number of hydrogen-bond acceptors (Lipinski definition) is 7. The van der Waals surface area contributed by atoms with Crippen molar-refractivity contribution in [3.05, 3.63) is 106 Å². The van der Waals surface area contributed by atoms with Crippen LogP contribution < -0.4 is 19.6 Å². The zero-order chi connectivity index (χ0) is 26.3. The number of thiazole rings is 1. The summed E-state index contributed by atoms with van der Waals surface area (Å²) in [4.78, 5) is 31.6. The van der Waals surface area contributed by atoms with E-state index in [9.17, 15) is 9.59 Å². The predicted octanol–water partition coefficient (Wildman–Crippen LogP) is 5.09. The van der Waals surface area contributed by atoms with E-state index in [0.29, 0.717) is 42.9 Å². The molecule has 1 aliphatic heterocycles. The van der Waals surface area contributed by atoms with Crippen LogP contribution in [0.3, 0.4) is 0 Å². The Balaban J connectivity index is 1.68. The molecule has 0 unspecified atom stereocenters. The van der Waals surface area contributed by atoms with E-state index < -0.39 is 12.0 Å². The molecule has 37 heavy (non-hydrogen) atoms. The van der Waals surface area contributed by atoms with Gasteiger partial charge in [0.05, 0.1) is 30.0 Å². The number of fused-ring (bicyclic) bond motifs is 1. The van der Waals surface area contributed by atoms with Gasteiger partial charge in [0, 0.05) is 26.7 Å². The molecule has 2 aromatic carbocycles. The van der Waals surface area contributed by atoms with Crippen LogP contribution >= 0.6 is 38.9 Å². The summed E-state index contributed by atoms with van der Waals surface area (Å²) in [5.74, 6) is 1.08. The molecule has 7 nitrogen and oxygen atoms in total. The van der Waals surface area contributed by atoms with E-state index >= 15 is 0 Å². The third-order valence-corrected chi connectivity index (χ3v) is 7.69. The standard InChI is InChI=1S/C27H20BrClN2O5S/c1-14-23(26(33)35-3)24(19-12-17(29)8-10-21(19)34-2)31-25(32)22(37-27(31)30-14)13-18-9-11-20(36-18)15-4-6-16(28)7-5-15/h4-13,24H,1-3H3/b22-13-/t24-/m0/s1. The molecule has 0 N–H and O–H groups in total. The third kappa shape index (κ3) is 4.70. The van der Waals surface area contributed by atoms with Crippen LogP contribution in [0.2, 0.25) is 5.02 Å². The number of rotatable bonds is 5. The molecule has 0 saturated heterocycles. The smallest absolute Gasteiger partial charge is 0.338 e. The number of benzene rings is 2. The van der Waals surface area contributed by atoms with Gasteiger partial charge in [-0.2, -0.15) is 0 Å². The van der Waals surface area contributed by atoms with E-state index in [1.807, 2.05) is 30.3 Å². The van der Waals surface area contributed by atoms with E-state index in [0.717, 1.165) is 10.0 Å². The SMILES string of the molecule is COC(=O)C1=C(C)N=c2s/c(=C\c3ccc(-c4ccc(Br)cc4)o3)c(=O)n2[C@H]1c1cc(Cl)ccc1OC. The van der Waals surface area contributed by atoms with Gasteiger partial charge >= 0.3 is 5.97 Å². The number of halogens is 2. The fraction of sp³-hybridized carbons (Fsp3) is 0.148. The maximum absolute atomic E-state index is 13.8. The van der Waals surface area contributed by atoms with Crippen LogP contribution in [-0.4, -0.2) is 24.8 Å². The van der Waals surface area contributed by atoms with Gasteiger partial charge in [-0.05, 0) is 49.4 Å². The van der Waals surface area contributed by atoms with Crippen molar-refractivity contribution in [3.8, 4) is 17.1 Å². The first-order chi connectivity index (χ1) is 17.8. The lowest BCUT2D eigenvalue weighted by Crippen LogP contribution is -2.40. The number of allylic oxidation sites excluding steroid dienone is 1. The Hall–Kier alpha value is -3.40. The highest BCUT2D eigenvalue weighted by Gasteiger charge is 2.35. The molecule has 0 bridgehead atoms. The summed E-state index contributed by atoms with van der Waals surface area (Å²) in [7, 11) is 2.81. The summed E-state index contributed by atoms with van der Waals surface area (Å²) in [6, 6.07) is 15.6. The highest BCUT2D eigenvalue weighted by Crippen LogP contribution is 2.37. The van der Waals surface area contributed by atoms with Crippen LogP contribution in [0, 0.1) is 0 Å². The lowest BCUT2D eigenvalue weighted by Gasteiger charge is -2.25. The van der Waals surface area contributed by atoms with Crippen LogP contribution in [0.15, 0.2) is 84.5 Å². The summed E-state index contributed by atoms with van der Waals surface area (Å²) in [6.45, 7) is 1.71. The fourth-order valence-electron chi connectivity index (χ4n) is 4.23. The minimum atomic E-state index is -0.838. The van der Waals surface area contributed by atoms with Gasteiger partial charge in [0.15, 0.2) is 4.80 Å². The van der Waals surface area contributed by atoms with Crippen molar-refractivity contribution in [2.75, 3.05) is 14.2 Å². The van der Waals surface area contributed by atoms with Gasteiger partial charge in [0.1, 0.15) is 23.3 Å². The number of methoxy groups -OCH3 is 2. The van der Waals surface area contributed by atoms with Crippen LogP contribution in [-0.2, 0) is 9.53 Å². The Labute approximate surface area is 229 Å². The number of esters is 1. The predicted molar refractivity (Wildman–Crippen MR) is 146 cm³/mol. The zero-order valence-corrected chi connectivity index (χ0v) is 23.1. The van der Waals surface area contributed by atoms with Crippen LogP contribution in [0.4, 0.5) is 0 Å². The average molecular weight is 600 g/mol. The maximum atomic E-state index is 13.8. The minimum Gasteiger partial charge on any atom is -0.496 e.